The van der Waals surface area contributed by atoms with Crippen LogP contribution in [0.2, 0.25) is 0 Å². The Balaban J connectivity index is 2.32. The number of aryl methyl sites for hydroxylation is 1. The highest BCUT2D eigenvalue weighted by Gasteiger charge is 2.15. The van der Waals surface area contributed by atoms with E-state index in [4.69, 9.17) is 5.11 Å². The van der Waals surface area contributed by atoms with Crippen LogP contribution < -0.4 is 4.72 Å². The fourth-order valence-electron chi connectivity index (χ4n) is 1.61. The summed E-state index contributed by atoms with van der Waals surface area (Å²) in [7, 11) is -3.71. The standard InChI is InChI=1S/C13H13BrN2O3S/c1-9-12(14)5-6-13(15-9)16-20(18,19)11-4-2-3-10(7-11)8-17/h2-7,17H,8H2,1H3,(H,15,16). The molecule has 0 radical (unpaired) electrons. The van der Waals surface area contributed by atoms with Crippen LogP contribution in [-0.2, 0) is 16.6 Å². The Bertz CT molecular complexity index is 732. The van der Waals surface area contributed by atoms with Crippen molar-refractivity contribution >= 4 is 31.8 Å². The number of pyridine rings is 1. The lowest BCUT2D eigenvalue weighted by molar-refractivity contribution is 0.281. The van der Waals surface area contributed by atoms with Crippen LogP contribution in [-0.4, -0.2) is 18.5 Å². The lowest BCUT2D eigenvalue weighted by atomic mass is 10.2. The number of nitrogens with one attached hydrogen (secondary N) is 1. The summed E-state index contributed by atoms with van der Waals surface area (Å²) in [6, 6.07) is 9.43. The summed E-state index contributed by atoms with van der Waals surface area (Å²) in [6.07, 6.45) is 0. The molecule has 0 aliphatic rings. The molecule has 1 aromatic carbocycles. The molecule has 0 bridgehead atoms. The predicted octanol–water partition coefficient (Wildman–Crippen LogP) is 2.45. The fourth-order valence-corrected chi connectivity index (χ4v) is 2.90. The van der Waals surface area contributed by atoms with Crippen LogP contribution in [0.1, 0.15) is 11.3 Å². The van der Waals surface area contributed by atoms with Gasteiger partial charge < -0.3 is 5.11 Å². The number of halogens is 1. The summed E-state index contributed by atoms with van der Waals surface area (Å²) in [5.41, 5.74) is 1.22. The maximum atomic E-state index is 12.2. The van der Waals surface area contributed by atoms with E-state index in [0.29, 0.717) is 11.3 Å². The number of hydrogen-bond acceptors (Lipinski definition) is 4. The number of aliphatic hydroxyl groups excluding tert-OH is 1. The Labute approximate surface area is 125 Å². The van der Waals surface area contributed by atoms with Crippen LogP contribution in [0.25, 0.3) is 0 Å². The Morgan fingerprint density at radius 3 is 2.70 bits per heavy atom. The van der Waals surface area contributed by atoms with Crippen LogP contribution in [0.5, 0.6) is 0 Å². The van der Waals surface area contributed by atoms with Gasteiger partial charge in [0.05, 0.1) is 17.2 Å². The molecular formula is C13H13BrN2O3S. The summed E-state index contributed by atoms with van der Waals surface area (Å²) < 4.78 is 27.7. The lowest BCUT2D eigenvalue weighted by Gasteiger charge is -2.09. The van der Waals surface area contributed by atoms with Crippen molar-refractivity contribution in [2.75, 3.05) is 4.72 Å². The summed E-state index contributed by atoms with van der Waals surface area (Å²) in [5.74, 6) is 0.250. The average molecular weight is 357 g/mol. The van der Waals surface area contributed by atoms with E-state index in [0.717, 1.165) is 4.47 Å². The molecule has 0 spiro atoms. The van der Waals surface area contributed by atoms with Crippen molar-refractivity contribution in [2.45, 2.75) is 18.4 Å². The number of rotatable bonds is 4. The lowest BCUT2D eigenvalue weighted by Crippen LogP contribution is -2.14. The Morgan fingerprint density at radius 1 is 1.30 bits per heavy atom. The molecule has 20 heavy (non-hydrogen) atoms. The zero-order valence-corrected chi connectivity index (χ0v) is 13.1. The van der Waals surface area contributed by atoms with Crippen LogP contribution in [0.3, 0.4) is 0 Å². The number of benzene rings is 1. The zero-order valence-electron chi connectivity index (χ0n) is 10.7. The third-order valence-electron chi connectivity index (χ3n) is 2.65. The molecule has 2 N–H and O–H groups in total. The fraction of sp³-hybridized carbons (Fsp3) is 0.154. The molecular weight excluding hydrogens is 344 g/mol. The van der Waals surface area contributed by atoms with E-state index < -0.39 is 10.0 Å². The minimum absolute atomic E-state index is 0.0893. The molecule has 1 aromatic heterocycles. The highest BCUT2D eigenvalue weighted by atomic mass is 79.9. The third kappa shape index (κ3) is 3.36. The van der Waals surface area contributed by atoms with E-state index in [1.165, 1.54) is 12.1 Å². The summed E-state index contributed by atoms with van der Waals surface area (Å²) in [5, 5.41) is 9.05. The van der Waals surface area contributed by atoms with Gasteiger partial charge in [-0.25, -0.2) is 13.4 Å². The average Bonchev–Trinajstić information content (AvgIpc) is 2.43. The first-order chi connectivity index (χ1) is 9.42. The Morgan fingerprint density at radius 2 is 2.05 bits per heavy atom. The molecule has 0 saturated heterocycles. The quantitative estimate of drug-likeness (QED) is 0.881. The molecule has 0 aliphatic carbocycles. The molecule has 0 saturated carbocycles. The molecule has 1 heterocycles. The van der Waals surface area contributed by atoms with Gasteiger partial charge in [-0.2, -0.15) is 0 Å². The minimum Gasteiger partial charge on any atom is -0.392 e. The van der Waals surface area contributed by atoms with Gasteiger partial charge in [-0.05, 0) is 52.7 Å². The molecule has 0 unspecified atom stereocenters. The first kappa shape index (κ1) is 15.0. The van der Waals surface area contributed by atoms with Crippen LogP contribution >= 0.6 is 15.9 Å². The van der Waals surface area contributed by atoms with Crippen molar-refractivity contribution in [1.29, 1.82) is 0 Å². The number of anilines is 1. The number of nitrogens with zero attached hydrogens (tertiary/aromatic N) is 1. The first-order valence-electron chi connectivity index (χ1n) is 5.78. The van der Waals surface area contributed by atoms with Gasteiger partial charge in [-0.15, -0.1) is 0 Å². The molecule has 0 aliphatic heterocycles. The van der Waals surface area contributed by atoms with Crippen molar-refractivity contribution in [2.24, 2.45) is 0 Å². The zero-order chi connectivity index (χ0) is 14.8. The molecule has 0 atom stereocenters. The molecule has 5 nitrogen and oxygen atoms in total. The topological polar surface area (TPSA) is 79.3 Å². The molecule has 2 rings (SSSR count). The van der Waals surface area contributed by atoms with Crippen molar-refractivity contribution < 1.29 is 13.5 Å². The second kappa shape index (κ2) is 5.90. The Kier molecular flexibility index (Phi) is 4.42. The van der Waals surface area contributed by atoms with E-state index in [1.807, 2.05) is 0 Å². The highest BCUT2D eigenvalue weighted by molar-refractivity contribution is 9.10. The van der Waals surface area contributed by atoms with E-state index >= 15 is 0 Å². The smallest absolute Gasteiger partial charge is 0.263 e. The van der Waals surface area contributed by atoms with Gasteiger partial charge in [-0.1, -0.05) is 12.1 Å². The largest absolute Gasteiger partial charge is 0.392 e. The van der Waals surface area contributed by atoms with Crippen LogP contribution in [0, 0.1) is 6.92 Å². The summed E-state index contributed by atoms with van der Waals surface area (Å²) in [4.78, 5) is 4.23. The molecule has 106 valence electrons. The van der Waals surface area contributed by atoms with Crippen molar-refractivity contribution in [3.63, 3.8) is 0 Å². The van der Waals surface area contributed by atoms with Gasteiger partial charge in [-0.3, -0.25) is 4.72 Å². The van der Waals surface area contributed by atoms with Gasteiger partial charge in [0, 0.05) is 4.47 Å². The summed E-state index contributed by atoms with van der Waals surface area (Å²) in [6.45, 7) is 1.56. The number of aromatic nitrogens is 1. The van der Waals surface area contributed by atoms with E-state index in [9.17, 15) is 8.42 Å². The third-order valence-corrected chi connectivity index (χ3v) is 4.84. The Hall–Kier alpha value is -1.44. The van der Waals surface area contributed by atoms with Gasteiger partial charge in [0.15, 0.2) is 0 Å². The van der Waals surface area contributed by atoms with Gasteiger partial charge in [0.25, 0.3) is 10.0 Å². The van der Waals surface area contributed by atoms with E-state index in [2.05, 4.69) is 25.6 Å². The molecule has 0 amide bonds. The monoisotopic (exact) mass is 356 g/mol. The maximum Gasteiger partial charge on any atom is 0.263 e. The molecule has 0 fully saturated rings. The van der Waals surface area contributed by atoms with Gasteiger partial charge >= 0.3 is 0 Å². The van der Waals surface area contributed by atoms with Crippen LogP contribution in [0.15, 0.2) is 45.8 Å². The van der Waals surface area contributed by atoms with E-state index in [-0.39, 0.29) is 17.3 Å². The number of aliphatic hydroxyl groups is 1. The number of sulfonamides is 1. The van der Waals surface area contributed by atoms with Crippen molar-refractivity contribution in [3.05, 3.63) is 52.1 Å². The SMILES string of the molecule is Cc1nc(NS(=O)(=O)c2cccc(CO)c2)ccc1Br. The normalized spacial score (nSPS) is 11.3. The first-order valence-corrected chi connectivity index (χ1v) is 8.06. The molecule has 7 heteroatoms. The van der Waals surface area contributed by atoms with Crippen molar-refractivity contribution in [3.8, 4) is 0 Å². The van der Waals surface area contributed by atoms with Gasteiger partial charge in [0.2, 0.25) is 0 Å². The van der Waals surface area contributed by atoms with Crippen LogP contribution in [0.4, 0.5) is 5.82 Å². The van der Waals surface area contributed by atoms with E-state index in [1.54, 1.807) is 31.2 Å². The minimum atomic E-state index is -3.71. The number of hydrogen-bond donors (Lipinski definition) is 2. The second-order valence-corrected chi connectivity index (χ2v) is 6.71. The predicted molar refractivity (Wildman–Crippen MR) is 79.8 cm³/mol. The second-order valence-electron chi connectivity index (χ2n) is 4.17. The highest BCUT2D eigenvalue weighted by Crippen LogP contribution is 2.19. The maximum absolute atomic E-state index is 12.2. The summed E-state index contributed by atoms with van der Waals surface area (Å²) >= 11 is 3.31. The molecule has 2 aromatic rings. The van der Waals surface area contributed by atoms with Crippen molar-refractivity contribution in [1.82, 2.24) is 4.98 Å². The van der Waals surface area contributed by atoms with Gasteiger partial charge in [0.1, 0.15) is 5.82 Å².